The first-order valence-electron chi connectivity index (χ1n) is 12.0. The lowest BCUT2D eigenvalue weighted by molar-refractivity contribution is 0.270. The van der Waals surface area contributed by atoms with Crippen LogP contribution in [0.4, 0.5) is 11.6 Å². The fraction of sp³-hybridized carbons (Fsp3) is 0.296. The first kappa shape index (κ1) is 25.2. The van der Waals surface area contributed by atoms with Crippen LogP contribution in [0.15, 0.2) is 60.3 Å². The van der Waals surface area contributed by atoms with Crippen molar-refractivity contribution in [3.8, 4) is 0 Å². The number of H-pyrrole nitrogens is 1. The number of nitrogens with zero attached hydrogens (tertiary/aromatic N) is 4. The van der Waals surface area contributed by atoms with Gasteiger partial charge in [-0.2, -0.15) is 0 Å². The molecule has 2 aromatic heterocycles. The van der Waals surface area contributed by atoms with Crippen LogP contribution in [0, 0.1) is 0 Å². The molecule has 4 rings (SSSR count). The number of likely N-dealkylation sites (N-methyl/N-ethyl adjacent to an activating group) is 1. The Morgan fingerprint density at radius 1 is 1.25 bits per heavy atom. The van der Waals surface area contributed by atoms with E-state index in [9.17, 15) is 4.79 Å². The second kappa shape index (κ2) is 11.2. The molecule has 9 nitrogen and oxygen atoms in total. The Balaban J connectivity index is 1.42. The van der Waals surface area contributed by atoms with Crippen LogP contribution in [0.3, 0.4) is 0 Å². The maximum Gasteiger partial charge on any atom is 0.257 e. The maximum absolute atomic E-state index is 12.7. The number of likely N-dealkylation sites (tertiary alicyclic amines) is 1. The van der Waals surface area contributed by atoms with Gasteiger partial charge in [-0.1, -0.05) is 18.7 Å². The van der Waals surface area contributed by atoms with E-state index in [0.717, 1.165) is 31.7 Å². The van der Waals surface area contributed by atoms with Gasteiger partial charge in [-0.05, 0) is 68.9 Å². The van der Waals surface area contributed by atoms with E-state index in [1.165, 1.54) is 12.0 Å². The molecule has 9 heteroatoms. The first-order chi connectivity index (χ1) is 17.3. The van der Waals surface area contributed by atoms with Crippen molar-refractivity contribution in [1.29, 1.82) is 0 Å². The standard InChI is InChI=1S/C27H34N8O/c1-18(25-20(8-11-30-26(25)36)14-24(28)21-15-31-27(29)32-16-21)33-22-6-4-19(5-7-22)9-12-35-13-10-23(17-35)34(2)3/h4-8,11,14-16,23,33H,1,9-10,12-13,17,28H2,2-3H3,(H,30,36)(H2,29,31,32)/b24-14-. The SMILES string of the molecule is C=C(Nc1ccc(CCN2CCC(N(C)C)C2)cc1)c1c(/C=C(\N)c2cnc(N)nc2)cc[nH]c1=O. The van der Waals surface area contributed by atoms with Gasteiger partial charge in [-0.15, -0.1) is 0 Å². The summed E-state index contributed by atoms with van der Waals surface area (Å²) < 4.78 is 0. The number of benzene rings is 1. The highest BCUT2D eigenvalue weighted by molar-refractivity contribution is 5.86. The third-order valence-corrected chi connectivity index (χ3v) is 6.55. The zero-order chi connectivity index (χ0) is 25.7. The molecule has 36 heavy (non-hydrogen) atoms. The minimum atomic E-state index is -0.263. The monoisotopic (exact) mass is 486 g/mol. The van der Waals surface area contributed by atoms with Crippen LogP contribution in [0.1, 0.15) is 28.7 Å². The average molecular weight is 487 g/mol. The van der Waals surface area contributed by atoms with Crippen molar-refractivity contribution in [1.82, 2.24) is 24.8 Å². The van der Waals surface area contributed by atoms with E-state index in [4.69, 9.17) is 11.5 Å². The molecule has 1 aliphatic rings. The molecule has 1 saturated heterocycles. The Labute approximate surface area is 211 Å². The molecule has 188 valence electrons. The number of aromatic nitrogens is 3. The lowest BCUT2D eigenvalue weighted by Gasteiger charge is -2.20. The van der Waals surface area contributed by atoms with Gasteiger partial charge in [0, 0.05) is 60.4 Å². The molecule has 0 aliphatic carbocycles. The van der Waals surface area contributed by atoms with Gasteiger partial charge in [0.05, 0.1) is 5.56 Å². The number of nitrogens with two attached hydrogens (primary N) is 2. The van der Waals surface area contributed by atoms with E-state index < -0.39 is 0 Å². The van der Waals surface area contributed by atoms with Gasteiger partial charge in [-0.25, -0.2) is 9.97 Å². The number of rotatable bonds is 9. The Bertz CT molecular complexity index is 1280. The summed E-state index contributed by atoms with van der Waals surface area (Å²) in [5, 5.41) is 3.26. The largest absolute Gasteiger partial charge is 0.398 e. The number of anilines is 2. The van der Waals surface area contributed by atoms with Gasteiger partial charge >= 0.3 is 0 Å². The summed E-state index contributed by atoms with van der Waals surface area (Å²) in [6, 6.07) is 10.7. The van der Waals surface area contributed by atoms with Gasteiger partial charge in [0.2, 0.25) is 5.95 Å². The van der Waals surface area contributed by atoms with Crippen molar-refractivity contribution < 1.29 is 0 Å². The highest BCUT2D eigenvalue weighted by atomic mass is 16.1. The summed E-state index contributed by atoms with van der Waals surface area (Å²) in [4.78, 5) is 28.2. The van der Waals surface area contributed by atoms with E-state index in [-0.39, 0.29) is 11.5 Å². The van der Waals surface area contributed by atoms with Crippen molar-refractivity contribution in [2.45, 2.75) is 18.9 Å². The predicted molar refractivity (Wildman–Crippen MR) is 147 cm³/mol. The summed E-state index contributed by atoms with van der Waals surface area (Å²) in [7, 11) is 4.31. The lowest BCUT2D eigenvalue weighted by atomic mass is 10.0. The maximum atomic E-state index is 12.7. The summed E-state index contributed by atoms with van der Waals surface area (Å²) >= 11 is 0. The van der Waals surface area contributed by atoms with Crippen molar-refractivity contribution >= 4 is 29.1 Å². The normalized spacial score (nSPS) is 16.4. The zero-order valence-electron chi connectivity index (χ0n) is 20.9. The molecular formula is C27H34N8O. The van der Waals surface area contributed by atoms with Crippen molar-refractivity contribution in [3.63, 3.8) is 0 Å². The molecule has 1 fully saturated rings. The van der Waals surface area contributed by atoms with Crippen LogP contribution in [0.5, 0.6) is 0 Å². The van der Waals surface area contributed by atoms with E-state index in [0.29, 0.717) is 34.1 Å². The number of nitrogen functional groups attached to an aromatic ring is 1. The summed E-state index contributed by atoms with van der Waals surface area (Å²) in [5.41, 5.74) is 16.2. The van der Waals surface area contributed by atoms with Crippen molar-refractivity contribution in [2.24, 2.45) is 5.73 Å². The van der Waals surface area contributed by atoms with Gasteiger partial charge in [0.1, 0.15) is 0 Å². The predicted octanol–water partition coefficient (Wildman–Crippen LogP) is 2.47. The Morgan fingerprint density at radius 2 is 1.97 bits per heavy atom. The molecule has 1 atom stereocenters. The fourth-order valence-corrected chi connectivity index (χ4v) is 4.38. The van der Waals surface area contributed by atoms with Crippen molar-refractivity contribution in [3.05, 3.63) is 88.1 Å². The van der Waals surface area contributed by atoms with Crippen LogP contribution < -0.4 is 22.3 Å². The molecule has 3 aromatic rings. The number of aromatic amines is 1. The first-order valence-corrected chi connectivity index (χ1v) is 12.0. The van der Waals surface area contributed by atoms with Gasteiger partial charge in [0.15, 0.2) is 0 Å². The van der Waals surface area contributed by atoms with Crippen LogP contribution in [-0.2, 0) is 6.42 Å². The molecule has 0 amide bonds. The lowest BCUT2D eigenvalue weighted by Crippen LogP contribution is -2.32. The third kappa shape index (κ3) is 6.18. The molecule has 0 saturated carbocycles. The van der Waals surface area contributed by atoms with Crippen LogP contribution >= 0.6 is 0 Å². The van der Waals surface area contributed by atoms with Gasteiger partial charge in [-0.3, -0.25) is 4.79 Å². The minimum absolute atomic E-state index is 0.168. The van der Waals surface area contributed by atoms with Gasteiger partial charge in [0.25, 0.3) is 5.56 Å². The Morgan fingerprint density at radius 3 is 2.64 bits per heavy atom. The molecule has 1 unspecified atom stereocenters. The minimum Gasteiger partial charge on any atom is -0.398 e. The van der Waals surface area contributed by atoms with E-state index in [2.05, 4.69) is 62.9 Å². The smallest absolute Gasteiger partial charge is 0.257 e. The molecule has 0 spiro atoms. The van der Waals surface area contributed by atoms with E-state index in [1.807, 2.05) is 12.1 Å². The zero-order valence-corrected chi connectivity index (χ0v) is 20.9. The quantitative estimate of drug-likeness (QED) is 0.363. The van der Waals surface area contributed by atoms with Crippen LogP contribution in [0.25, 0.3) is 17.5 Å². The number of hydrogen-bond donors (Lipinski definition) is 4. The number of nitrogens with one attached hydrogen (secondary N) is 2. The van der Waals surface area contributed by atoms with Crippen LogP contribution in [-0.4, -0.2) is 64.5 Å². The van der Waals surface area contributed by atoms with E-state index in [1.54, 1.807) is 30.7 Å². The summed E-state index contributed by atoms with van der Waals surface area (Å²) in [6.07, 6.45) is 8.60. The van der Waals surface area contributed by atoms with Gasteiger partial charge < -0.3 is 31.6 Å². The molecule has 3 heterocycles. The second-order valence-electron chi connectivity index (χ2n) is 9.32. The van der Waals surface area contributed by atoms with Crippen molar-refractivity contribution in [2.75, 3.05) is 44.8 Å². The number of hydrogen-bond acceptors (Lipinski definition) is 8. The molecule has 0 radical (unpaired) electrons. The molecular weight excluding hydrogens is 452 g/mol. The molecule has 1 aromatic carbocycles. The summed E-state index contributed by atoms with van der Waals surface area (Å²) in [6.45, 7) is 7.45. The highest BCUT2D eigenvalue weighted by Gasteiger charge is 2.23. The Kier molecular flexibility index (Phi) is 7.82. The van der Waals surface area contributed by atoms with E-state index >= 15 is 0 Å². The molecule has 1 aliphatic heterocycles. The van der Waals surface area contributed by atoms with Crippen LogP contribution in [0.2, 0.25) is 0 Å². The topological polar surface area (TPSA) is 129 Å². The molecule has 6 N–H and O–H groups in total. The highest BCUT2D eigenvalue weighted by Crippen LogP contribution is 2.22. The molecule has 0 bridgehead atoms. The Hall–Kier alpha value is -3.95. The average Bonchev–Trinajstić information content (AvgIpc) is 3.33. The fourth-order valence-electron chi connectivity index (χ4n) is 4.38. The second-order valence-corrected chi connectivity index (χ2v) is 9.32. The summed E-state index contributed by atoms with van der Waals surface area (Å²) in [5.74, 6) is 0.168. The third-order valence-electron chi connectivity index (χ3n) is 6.55. The number of pyridine rings is 1.